The second-order valence-corrected chi connectivity index (χ2v) is 9.56. The van der Waals surface area contributed by atoms with E-state index in [1.165, 1.54) is 5.69 Å². The number of hydrazone groups is 1. The SMILES string of the molecule is CN1CCN(c2ccc(Nc3nc(N4N=CCC4c4cccnc4)c4sccc4n3)cc2)CC1. The van der Waals surface area contributed by atoms with E-state index in [4.69, 9.17) is 9.97 Å². The van der Waals surface area contributed by atoms with Gasteiger partial charge in [0.25, 0.3) is 0 Å². The predicted molar refractivity (Wildman–Crippen MR) is 139 cm³/mol. The summed E-state index contributed by atoms with van der Waals surface area (Å²) in [7, 11) is 2.18. The van der Waals surface area contributed by atoms with Gasteiger partial charge in [-0.25, -0.2) is 9.99 Å². The highest BCUT2D eigenvalue weighted by molar-refractivity contribution is 7.17. The van der Waals surface area contributed by atoms with Crippen molar-refractivity contribution in [3.8, 4) is 0 Å². The van der Waals surface area contributed by atoms with E-state index in [9.17, 15) is 0 Å². The lowest BCUT2D eigenvalue weighted by Gasteiger charge is -2.34. The fraction of sp³-hybridized carbons (Fsp3) is 0.280. The van der Waals surface area contributed by atoms with E-state index in [0.717, 1.165) is 59.9 Å². The van der Waals surface area contributed by atoms with E-state index in [1.54, 1.807) is 17.5 Å². The second kappa shape index (κ2) is 9.00. The van der Waals surface area contributed by atoms with Gasteiger partial charge in [0.1, 0.15) is 0 Å². The summed E-state index contributed by atoms with van der Waals surface area (Å²) in [6.45, 7) is 4.30. The molecule has 3 aromatic heterocycles. The summed E-state index contributed by atoms with van der Waals surface area (Å²) < 4.78 is 1.03. The molecule has 34 heavy (non-hydrogen) atoms. The van der Waals surface area contributed by atoms with Crippen LogP contribution >= 0.6 is 11.3 Å². The first kappa shape index (κ1) is 21.0. The van der Waals surface area contributed by atoms with Crippen LogP contribution in [0.15, 0.2) is 65.3 Å². The highest BCUT2D eigenvalue weighted by Crippen LogP contribution is 2.38. The van der Waals surface area contributed by atoms with Gasteiger partial charge in [0.15, 0.2) is 5.82 Å². The lowest BCUT2D eigenvalue weighted by molar-refractivity contribution is 0.313. The van der Waals surface area contributed by atoms with Gasteiger partial charge in [-0.3, -0.25) is 4.98 Å². The van der Waals surface area contributed by atoms with Crippen LogP contribution in [0.5, 0.6) is 0 Å². The van der Waals surface area contributed by atoms with E-state index in [0.29, 0.717) is 5.95 Å². The summed E-state index contributed by atoms with van der Waals surface area (Å²) in [6, 6.07) is 14.7. The van der Waals surface area contributed by atoms with Crippen molar-refractivity contribution in [3.05, 3.63) is 65.8 Å². The van der Waals surface area contributed by atoms with Crippen molar-refractivity contribution in [2.75, 3.05) is 48.5 Å². The van der Waals surface area contributed by atoms with Crippen LogP contribution < -0.4 is 15.2 Å². The Morgan fingerprint density at radius 1 is 1.00 bits per heavy atom. The van der Waals surface area contributed by atoms with Crippen molar-refractivity contribution in [1.82, 2.24) is 19.9 Å². The minimum atomic E-state index is 0.0737. The highest BCUT2D eigenvalue weighted by atomic mass is 32.1. The first-order valence-electron chi connectivity index (χ1n) is 11.5. The molecule has 2 aliphatic heterocycles. The summed E-state index contributed by atoms with van der Waals surface area (Å²) in [5, 5.41) is 12.1. The molecule has 6 rings (SSSR count). The Labute approximate surface area is 202 Å². The standard InChI is InChI=1S/C25H26N8S/c1-31-12-14-32(15-13-31)20-6-4-19(5-7-20)28-25-29-21-9-16-34-23(21)24(30-25)33-22(8-11-27-33)18-3-2-10-26-17-18/h2-7,9-11,16-17,22H,8,12-15H2,1H3,(H,28,29,30). The van der Waals surface area contributed by atoms with Crippen LogP contribution in [0.2, 0.25) is 0 Å². The van der Waals surface area contributed by atoms with Crippen LogP contribution in [0.3, 0.4) is 0 Å². The van der Waals surface area contributed by atoms with E-state index in [1.807, 2.05) is 29.6 Å². The van der Waals surface area contributed by atoms with Crippen molar-refractivity contribution < 1.29 is 0 Å². The van der Waals surface area contributed by atoms with E-state index in [2.05, 4.69) is 68.0 Å². The van der Waals surface area contributed by atoms with Crippen molar-refractivity contribution >= 4 is 50.9 Å². The predicted octanol–water partition coefficient (Wildman–Crippen LogP) is 4.52. The maximum atomic E-state index is 4.91. The highest BCUT2D eigenvalue weighted by Gasteiger charge is 2.28. The topological polar surface area (TPSA) is 72.8 Å². The van der Waals surface area contributed by atoms with Gasteiger partial charge in [0.2, 0.25) is 5.95 Å². The van der Waals surface area contributed by atoms with E-state index < -0.39 is 0 Å². The number of thiophene rings is 1. The van der Waals surface area contributed by atoms with Crippen LogP contribution in [0, 0.1) is 0 Å². The molecule has 1 unspecified atom stereocenters. The third-order valence-corrected chi connectivity index (χ3v) is 7.29. The molecule has 8 nitrogen and oxygen atoms in total. The smallest absolute Gasteiger partial charge is 0.229 e. The molecular formula is C25H26N8S. The molecule has 1 atom stereocenters. The minimum absolute atomic E-state index is 0.0737. The number of hydrogen-bond acceptors (Lipinski definition) is 9. The van der Waals surface area contributed by atoms with E-state index >= 15 is 0 Å². The molecule has 172 valence electrons. The second-order valence-electron chi connectivity index (χ2n) is 8.65. The number of nitrogens with zero attached hydrogens (tertiary/aromatic N) is 7. The molecule has 1 fully saturated rings. The van der Waals surface area contributed by atoms with Crippen molar-refractivity contribution in [2.24, 2.45) is 5.10 Å². The van der Waals surface area contributed by atoms with Gasteiger partial charge in [0.05, 0.1) is 16.3 Å². The average molecular weight is 471 g/mol. The zero-order valence-corrected chi connectivity index (χ0v) is 19.8. The Morgan fingerprint density at radius 3 is 2.65 bits per heavy atom. The first-order valence-corrected chi connectivity index (χ1v) is 12.4. The van der Waals surface area contributed by atoms with Crippen molar-refractivity contribution in [2.45, 2.75) is 12.5 Å². The number of piperazine rings is 1. The Morgan fingerprint density at radius 2 is 1.85 bits per heavy atom. The number of pyridine rings is 1. The largest absolute Gasteiger partial charge is 0.369 e. The van der Waals surface area contributed by atoms with Gasteiger partial charge >= 0.3 is 0 Å². The summed E-state index contributed by atoms with van der Waals surface area (Å²) in [4.78, 5) is 18.8. The third kappa shape index (κ3) is 4.08. The zero-order valence-electron chi connectivity index (χ0n) is 19.0. The van der Waals surface area contributed by atoms with Gasteiger partial charge in [-0.05, 0) is 54.4 Å². The van der Waals surface area contributed by atoms with Gasteiger partial charge in [-0.15, -0.1) is 11.3 Å². The molecule has 2 aliphatic rings. The first-order chi connectivity index (χ1) is 16.7. The quantitative estimate of drug-likeness (QED) is 0.460. The summed E-state index contributed by atoms with van der Waals surface area (Å²) >= 11 is 1.64. The Kier molecular flexibility index (Phi) is 5.56. The van der Waals surface area contributed by atoms with Crippen LogP contribution in [-0.2, 0) is 0 Å². The number of likely N-dealkylation sites (N-methyl/N-ethyl adjacent to an activating group) is 1. The number of aromatic nitrogens is 3. The fourth-order valence-electron chi connectivity index (χ4n) is 4.48. The van der Waals surface area contributed by atoms with E-state index in [-0.39, 0.29) is 6.04 Å². The van der Waals surface area contributed by atoms with Crippen LogP contribution in [-0.4, -0.2) is 59.3 Å². The Bertz CT molecular complexity index is 1300. The molecule has 4 aromatic rings. The van der Waals surface area contributed by atoms with Crippen molar-refractivity contribution in [1.29, 1.82) is 0 Å². The lowest BCUT2D eigenvalue weighted by atomic mass is 10.1. The molecule has 5 heterocycles. The molecule has 0 amide bonds. The Balaban J connectivity index is 1.27. The molecular weight excluding hydrogens is 444 g/mol. The number of rotatable bonds is 5. The molecule has 0 saturated carbocycles. The summed E-state index contributed by atoms with van der Waals surface area (Å²) in [5.74, 6) is 1.39. The molecule has 9 heteroatoms. The lowest BCUT2D eigenvalue weighted by Crippen LogP contribution is -2.44. The number of benzene rings is 1. The third-order valence-electron chi connectivity index (χ3n) is 6.39. The summed E-state index contributed by atoms with van der Waals surface area (Å²) in [6.07, 6.45) is 6.46. The average Bonchev–Trinajstić information content (AvgIpc) is 3.55. The fourth-order valence-corrected chi connectivity index (χ4v) is 5.29. The van der Waals surface area contributed by atoms with Crippen LogP contribution in [0.4, 0.5) is 23.1 Å². The van der Waals surface area contributed by atoms with Gasteiger partial charge < -0.3 is 15.1 Å². The molecule has 1 saturated heterocycles. The monoisotopic (exact) mass is 470 g/mol. The van der Waals surface area contributed by atoms with Gasteiger partial charge in [-0.1, -0.05) is 6.07 Å². The number of hydrogen-bond donors (Lipinski definition) is 1. The van der Waals surface area contributed by atoms with Crippen LogP contribution in [0.25, 0.3) is 10.2 Å². The Hall–Kier alpha value is -3.56. The maximum Gasteiger partial charge on any atom is 0.229 e. The number of anilines is 4. The number of nitrogens with one attached hydrogen (secondary N) is 1. The maximum absolute atomic E-state index is 4.91. The zero-order chi connectivity index (χ0) is 22.9. The van der Waals surface area contributed by atoms with Crippen molar-refractivity contribution in [3.63, 3.8) is 0 Å². The molecule has 0 spiro atoms. The molecule has 1 N–H and O–H groups in total. The molecule has 0 aliphatic carbocycles. The molecule has 0 radical (unpaired) electrons. The number of fused-ring (bicyclic) bond motifs is 1. The molecule has 1 aromatic carbocycles. The van der Waals surface area contributed by atoms with Gasteiger partial charge in [0, 0.05) is 62.6 Å². The summed E-state index contributed by atoms with van der Waals surface area (Å²) in [5.41, 5.74) is 4.25. The normalized spacial score (nSPS) is 18.7. The van der Waals surface area contributed by atoms with Gasteiger partial charge in [-0.2, -0.15) is 10.1 Å². The molecule has 0 bridgehead atoms. The van der Waals surface area contributed by atoms with Crippen LogP contribution in [0.1, 0.15) is 18.0 Å². The minimum Gasteiger partial charge on any atom is -0.369 e.